The van der Waals surface area contributed by atoms with E-state index < -0.39 is 0 Å². The zero-order valence-corrected chi connectivity index (χ0v) is 81.0. The molecule has 1 saturated carbocycles. The molecule has 14 aromatic carbocycles. The third-order valence-corrected chi connectivity index (χ3v) is 22.4. The first-order valence-corrected chi connectivity index (χ1v) is 45.6. The zero-order chi connectivity index (χ0) is 92.7. The monoisotopic (exact) mass is 1710 g/mol. The third kappa shape index (κ3) is 32.7. The van der Waals surface area contributed by atoms with Crippen LogP contribution >= 0.6 is 0 Å². The van der Waals surface area contributed by atoms with Crippen LogP contribution in [0.15, 0.2) is 297 Å². The van der Waals surface area contributed by atoms with Crippen LogP contribution in [0.25, 0.3) is 0 Å². The lowest BCUT2D eigenvalue weighted by Crippen LogP contribution is -2.12. The minimum Gasteiger partial charge on any atom is -0.508 e. The molecule has 0 aromatic heterocycles. The van der Waals surface area contributed by atoms with Crippen molar-refractivity contribution in [2.24, 2.45) is 0 Å². The predicted octanol–water partition coefficient (Wildman–Crippen LogP) is 36.2. The van der Waals surface area contributed by atoms with Crippen molar-refractivity contribution in [2.75, 3.05) is 0 Å². The molecule has 8 heteroatoms. The van der Waals surface area contributed by atoms with E-state index in [9.17, 15) is 5.11 Å². The van der Waals surface area contributed by atoms with Crippen LogP contribution in [0.1, 0.15) is 249 Å². The van der Waals surface area contributed by atoms with Gasteiger partial charge in [-0.3, -0.25) is 0 Å². The van der Waals surface area contributed by atoms with Crippen molar-refractivity contribution in [2.45, 2.75) is 240 Å². The molecule has 0 amide bonds. The Bertz CT molecular complexity index is 5640. The van der Waals surface area contributed by atoms with E-state index in [0.717, 1.165) is 86.1 Å². The van der Waals surface area contributed by atoms with E-state index in [0.29, 0.717) is 29.6 Å². The van der Waals surface area contributed by atoms with Crippen LogP contribution in [-0.4, -0.2) is 5.11 Å². The molecule has 668 valence electrons. The molecule has 14 aromatic rings. The Morgan fingerprint density at radius 1 is 0.234 bits per heavy atom. The summed E-state index contributed by atoms with van der Waals surface area (Å²) in [6.07, 6.45) is 6.68. The normalized spacial score (nSPS) is 11.6. The van der Waals surface area contributed by atoms with Crippen molar-refractivity contribution in [3.05, 3.63) is 409 Å². The van der Waals surface area contributed by atoms with E-state index in [4.69, 9.17) is 33.2 Å². The van der Waals surface area contributed by atoms with Crippen molar-refractivity contribution in [3.63, 3.8) is 0 Å². The molecular weight excluding hydrogens is 1570 g/mol. The molecule has 15 rings (SSSR count). The maximum absolute atomic E-state index is 9.23. The lowest BCUT2D eigenvalue weighted by Gasteiger charge is -2.24. The maximum Gasteiger partial charge on any atom is 0.131 e. The highest BCUT2D eigenvalue weighted by Gasteiger charge is 2.22. The van der Waals surface area contributed by atoms with Crippen LogP contribution < -0.4 is 33.2 Å². The van der Waals surface area contributed by atoms with Gasteiger partial charge in [0, 0.05) is 5.56 Å². The molecule has 0 aliphatic heterocycles. The van der Waals surface area contributed by atoms with E-state index in [1.165, 1.54) is 138 Å². The Morgan fingerprint density at radius 2 is 0.531 bits per heavy atom. The van der Waals surface area contributed by atoms with Crippen LogP contribution in [-0.2, 0) is 5.41 Å². The molecule has 8 nitrogen and oxygen atoms in total. The number of aryl methyl sites for hydroxylation is 14. The van der Waals surface area contributed by atoms with Crippen molar-refractivity contribution in [1.29, 1.82) is 0 Å². The smallest absolute Gasteiger partial charge is 0.131 e. The third-order valence-electron chi connectivity index (χ3n) is 22.4. The molecule has 0 atom stereocenters. The van der Waals surface area contributed by atoms with Crippen LogP contribution in [0, 0.1) is 96.9 Å². The minimum atomic E-state index is 0.0771. The lowest BCUT2D eigenvalue weighted by atomic mass is 9.83. The van der Waals surface area contributed by atoms with E-state index >= 15 is 0 Å². The van der Waals surface area contributed by atoms with Gasteiger partial charge in [-0.25, -0.2) is 0 Å². The van der Waals surface area contributed by atoms with Crippen LogP contribution in [0.4, 0.5) is 0 Å². The second kappa shape index (κ2) is 48.4. The summed E-state index contributed by atoms with van der Waals surface area (Å²) in [5.41, 5.74) is 24.9. The lowest BCUT2D eigenvalue weighted by molar-refractivity contribution is 0.418. The number of hydrogen-bond acceptors (Lipinski definition) is 8. The van der Waals surface area contributed by atoms with Gasteiger partial charge in [-0.1, -0.05) is 280 Å². The summed E-state index contributed by atoms with van der Waals surface area (Å²) in [7, 11) is 0. The molecule has 0 spiro atoms. The summed E-state index contributed by atoms with van der Waals surface area (Å²) in [6.45, 7) is 53.3. The topological polar surface area (TPSA) is 84.8 Å². The minimum absolute atomic E-state index is 0.0771. The predicted molar refractivity (Wildman–Crippen MR) is 540 cm³/mol. The molecule has 0 unspecified atom stereocenters. The summed E-state index contributed by atoms with van der Waals surface area (Å²) >= 11 is 0. The number of rotatable bonds is 19. The second-order valence-corrected chi connectivity index (χ2v) is 36.8. The molecule has 1 aliphatic rings. The van der Waals surface area contributed by atoms with E-state index in [1.54, 1.807) is 24.3 Å². The Morgan fingerprint density at radius 3 is 0.914 bits per heavy atom. The largest absolute Gasteiger partial charge is 0.508 e. The summed E-state index contributed by atoms with van der Waals surface area (Å²) in [6, 6.07) is 101. The van der Waals surface area contributed by atoms with Gasteiger partial charge in [0.2, 0.25) is 0 Å². The van der Waals surface area contributed by atoms with Gasteiger partial charge in [0.05, 0.1) is 0 Å². The standard InChI is InChI=1S/C20H24O.C18H22O.3C17H20O.C16H18O2.C15H16O/c1-15-8-11-18(12-9-15)21-20-14-16(2)10-13-19(20)17-6-4-3-5-7-17;1-13-6-9-15(10-7-13)19-17-12-14(2)8-11-16(17)18(3,4)5;2*1-12(2)15-8-7-14(4)17(11-15)18-16-9-5-13(3)6-10-16;1-12(2)16-10-7-14(4)11-17(16)18-15-8-5-13(3)6-9-15;1-11(2)13-8-12(3)9-16(10-13)18-15-6-4-14(17)5-7-15;1-11-5-8-14(9-6-11)16-15-10-12(2)4-7-13(15)3/h8-14,17H,3-7H2,1-2H3;6-12H,1-5H3;3*5-12H,1-4H3;4-11,17H,1-3H3;4-10H,1-3H3. The number of benzene rings is 14. The van der Waals surface area contributed by atoms with E-state index in [2.05, 4.69) is 379 Å². The molecule has 1 N–H and O–H groups in total. The fourth-order valence-corrected chi connectivity index (χ4v) is 14.2. The fourth-order valence-electron chi connectivity index (χ4n) is 14.2. The Labute approximate surface area is 768 Å². The van der Waals surface area contributed by atoms with Crippen molar-refractivity contribution < 1.29 is 38.3 Å². The van der Waals surface area contributed by atoms with Gasteiger partial charge in [0.25, 0.3) is 0 Å². The summed E-state index contributed by atoms with van der Waals surface area (Å²) in [4.78, 5) is 0. The van der Waals surface area contributed by atoms with Gasteiger partial charge in [-0.05, 0) is 363 Å². The van der Waals surface area contributed by atoms with Crippen molar-refractivity contribution in [1.82, 2.24) is 0 Å². The molecule has 128 heavy (non-hydrogen) atoms. The second-order valence-electron chi connectivity index (χ2n) is 36.8. The number of phenolic OH excluding ortho intramolecular Hbond substituents is 1. The van der Waals surface area contributed by atoms with Crippen molar-refractivity contribution >= 4 is 0 Å². The van der Waals surface area contributed by atoms with Crippen LogP contribution in [0.2, 0.25) is 0 Å². The molecule has 1 fully saturated rings. The Kier molecular flexibility index (Phi) is 37.6. The molecule has 0 radical (unpaired) electrons. The van der Waals surface area contributed by atoms with Gasteiger partial charge in [-0.15, -0.1) is 0 Å². The number of hydrogen-bond donors (Lipinski definition) is 1. The quantitative estimate of drug-likeness (QED) is 0.0857. The number of phenols is 1. The maximum atomic E-state index is 9.23. The van der Waals surface area contributed by atoms with Gasteiger partial charge >= 0.3 is 0 Å². The molecule has 0 saturated heterocycles. The van der Waals surface area contributed by atoms with Gasteiger partial charge in [0.1, 0.15) is 86.2 Å². The van der Waals surface area contributed by atoms with Crippen LogP contribution in [0.3, 0.4) is 0 Å². The highest BCUT2D eigenvalue weighted by Crippen LogP contribution is 2.42. The molecule has 0 bridgehead atoms. The summed E-state index contributed by atoms with van der Waals surface area (Å²) in [5, 5.41) is 9.23. The first kappa shape index (κ1) is 99.3. The fraction of sp³-hybridized carbons (Fsp3) is 0.300. The van der Waals surface area contributed by atoms with Gasteiger partial charge in [0.15, 0.2) is 0 Å². The van der Waals surface area contributed by atoms with Gasteiger partial charge in [-0.2, -0.15) is 0 Å². The number of ether oxygens (including phenoxy) is 7. The summed E-state index contributed by atoms with van der Waals surface area (Å²) in [5.74, 6) is 15.7. The van der Waals surface area contributed by atoms with E-state index in [1.807, 2.05) is 66.7 Å². The average Bonchev–Trinajstić information content (AvgIpc) is 0.840. The first-order chi connectivity index (χ1) is 60.9. The molecular formula is C120H140O8. The molecule has 1 aliphatic carbocycles. The highest BCUT2D eigenvalue weighted by molar-refractivity contribution is 5.50. The molecule has 0 heterocycles. The first-order valence-electron chi connectivity index (χ1n) is 45.6. The van der Waals surface area contributed by atoms with E-state index in [-0.39, 0.29) is 11.2 Å². The Hall–Kier alpha value is -12.5. The number of aromatic hydroxyl groups is 1. The SMILES string of the molecule is Cc1cc(Oc2ccc(O)cc2)cc(C(C)C)c1.Cc1ccc(Oc2cc(C(C)C)ccc2C)cc1.Cc1ccc(Oc2cc(C(C)C)ccc2C)cc1.Cc1ccc(Oc2cc(C)ccc2C(C)(C)C)cc1.Cc1ccc(Oc2cc(C)ccc2C(C)C)cc1.Cc1ccc(Oc2cc(C)ccc2C)cc1.Cc1ccc(Oc2cc(C)ccc2C2CCCCC2)cc1. The van der Waals surface area contributed by atoms with Crippen molar-refractivity contribution in [3.8, 4) is 86.2 Å². The Balaban J connectivity index is 0.000000169. The highest BCUT2D eigenvalue weighted by atomic mass is 16.5. The van der Waals surface area contributed by atoms with Crippen LogP contribution in [0.5, 0.6) is 86.2 Å². The van der Waals surface area contributed by atoms with Gasteiger partial charge < -0.3 is 38.3 Å². The average molecular weight is 1710 g/mol. The summed E-state index contributed by atoms with van der Waals surface area (Å²) < 4.78 is 41.8. The zero-order valence-electron chi connectivity index (χ0n) is 81.0.